The molecule has 2 aromatic carbocycles. The van der Waals surface area contributed by atoms with Gasteiger partial charge in [-0.15, -0.1) is 0 Å². The third-order valence-corrected chi connectivity index (χ3v) is 7.97. The fraction of sp³-hybridized carbons (Fsp3) is 0.273. The zero-order valence-corrected chi connectivity index (χ0v) is 24.7. The number of aryl methyl sites for hydroxylation is 1. The standard InChI is InChI=1S/C33H37N5O4/c1-6-20-11-12-36-19-28(20)33(17-22-8-10-24(40-3)15-30(22)42-5)27(13-21-7-9-23(39-2)14-29(21)41-4)25-16-31(34)37-18-26(25)32(35)38-33/h7-12,14-16,18-19,38H,6,13,17,34-35H2,1-5H3. The number of rotatable bonds is 10. The first-order chi connectivity index (χ1) is 20.4. The molecule has 42 heavy (non-hydrogen) atoms. The number of methoxy groups -OCH3 is 4. The fourth-order valence-corrected chi connectivity index (χ4v) is 5.85. The van der Waals surface area contributed by atoms with Crippen molar-refractivity contribution in [2.75, 3.05) is 34.2 Å². The van der Waals surface area contributed by atoms with Gasteiger partial charge in [0.25, 0.3) is 0 Å². The summed E-state index contributed by atoms with van der Waals surface area (Å²) in [6.45, 7) is 2.14. The van der Waals surface area contributed by atoms with E-state index in [9.17, 15) is 0 Å². The third-order valence-electron chi connectivity index (χ3n) is 7.97. The normalized spacial score (nSPS) is 15.9. The number of ether oxygens (including phenoxy) is 4. The Morgan fingerprint density at radius 2 is 1.43 bits per heavy atom. The second-order valence-corrected chi connectivity index (χ2v) is 10.2. The average Bonchev–Trinajstić information content (AvgIpc) is 3.02. The molecule has 0 radical (unpaired) electrons. The van der Waals surface area contributed by atoms with E-state index in [1.165, 1.54) is 0 Å². The lowest BCUT2D eigenvalue weighted by Crippen LogP contribution is -2.57. The summed E-state index contributed by atoms with van der Waals surface area (Å²) in [6.07, 6.45) is 7.28. The van der Waals surface area contributed by atoms with Crippen LogP contribution in [-0.4, -0.2) is 38.4 Å². The summed E-state index contributed by atoms with van der Waals surface area (Å²) < 4.78 is 22.7. The molecule has 9 nitrogen and oxygen atoms in total. The molecule has 0 aliphatic carbocycles. The molecule has 0 saturated heterocycles. The Labute approximate surface area is 245 Å². The maximum absolute atomic E-state index is 6.82. The fourth-order valence-electron chi connectivity index (χ4n) is 5.85. The zero-order valence-electron chi connectivity index (χ0n) is 24.7. The Kier molecular flexibility index (Phi) is 8.10. The zero-order chi connectivity index (χ0) is 29.9. The summed E-state index contributed by atoms with van der Waals surface area (Å²) >= 11 is 0. The van der Waals surface area contributed by atoms with E-state index < -0.39 is 5.54 Å². The molecule has 1 atom stereocenters. The van der Waals surface area contributed by atoms with Crippen molar-refractivity contribution >= 4 is 17.2 Å². The Morgan fingerprint density at radius 1 is 0.762 bits per heavy atom. The Hall–Kier alpha value is -4.92. The summed E-state index contributed by atoms with van der Waals surface area (Å²) in [5, 5.41) is 5.43. The minimum absolute atomic E-state index is 0.403. The summed E-state index contributed by atoms with van der Waals surface area (Å²) in [4.78, 5) is 8.95. The van der Waals surface area contributed by atoms with E-state index in [0.717, 1.165) is 44.7 Å². The largest absolute Gasteiger partial charge is 0.497 e. The third kappa shape index (κ3) is 5.13. The van der Waals surface area contributed by atoms with Crippen molar-refractivity contribution < 1.29 is 18.9 Å². The van der Waals surface area contributed by atoms with Crippen LogP contribution in [0.4, 0.5) is 5.82 Å². The maximum atomic E-state index is 6.82. The topological polar surface area (TPSA) is 127 Å². The monoisotopic (exact) mass is 567 g/mol. The molecule has 0 bridgehead atoms. The molecule has 1 aliphatic rings. The van der Waals surface area contributed by atoms with Crippen molar-refractivity contribution in [3.63, 3.8) is 0 Å². The van der Waals surface area contributed by atoms with Crippen molar-refractivity contribution in [3.05, 3.63) is 99.8 Å². The molecule has 0 spiro atoms. The van der Waals surface area contributed by atoms with Gasteiger partial charge < -0.3 is 35.7 Å². The second-order valence-electron chi connectivity index (χ2n) is 10.2. The predicted octanol–water partition coefficient (Wildman–Crippen LogP) is 2.81. The van der Waals surface area contributed by atoms with Crippen LogP contribution in [0, 0.1) is 0 Å². The average molecular weight is 568 g/mol. The number of nitrogens with zero attached hydrogens (tertiary/aromatic N) is 2. The molecule has 2 aromatic heterocycles. The van der Waals surface area contributed by atoms with E-state index in [4.69, 9.17) is 30.4 Å². The SMILES string of the molecule is CCc1ccncc1C1(Cc2ccc(OC)cc2OC)NC(N)=c2cnc(N)cc2=C1Cc1ccc(OC)cc1OC. The van der Waals surface area contributed by atoms with Gasteiger partial charge in [-0.2, -0.15) is 0 Å². The number of aromatic nitrogens is 2. The van der Waals surface area contributed by atoms with Crippen LogP contribution < -0.4 is 46.2 Å². The first-order valence-electron chi connectivity index (χ1n) is 13.8. The molecule has 3 heterocycles. The predicted molar refractivity (Wildman–Crippen MR) is 164 cm³/mol. The summed E-state index contributed by atoms with van der Waals surface area (Å²) in [7, 11) is 6.60. The van der Waals surface area contributed by atoms with Gasteiger partial charge in [0.05, 0.1) is 34.0 Å². The van der Waals surface area contributed by atoms with Crippen molar-refractivity contribution in [3.8, 4) is 23.0 Å². The molecule has 1 aliphatic heterocycles. The Bertz CT molecular complexity index is 1740. The van der Waals surface area contributed by atoms with Crippen LogP contribution in [0.1, 0.15) is 29.2 Å². The van der Waals surface area contributed by atoms with E-state index in [0.29, 0.717) is 47.5 Å². The summed E-state index contributed by atoms with van der Waals surface area (Å²) in [6, 6.07) is 15.7. The lowest BCUT2D eigenvalue weighted by molar-refractivity contribution is 0.383. The van der Waals surface area contributed by atoms with E-state index in [-0.39, 0.29) is 0 Å². The van der Waals surface area contributed by atoms with Gasteiger partial charge in [0.15, 0.2) is 0 Å². The van der Waals surface area contributed by atoms with Gasteiger partial charge in [0.2, 0.25) is 0 Å². The minimum atomic E-state index is -0.836. The number of hydrogen-bond donors (Lipinski definition) is 3. The molecule has 9 heteroatoms. The Balaban J connectivity index is 1.86. The number of hydrogen-bond acceptors (Lipinski definition) is 9. The molecule has 218 valence electrons. The van der Waals surface area contributed by atoms with Crippen LogP contribution in [0.15, 0.2) is 67.1 Å². The van der Waals surface area contributed by atoms with Crippen LogP contribution in [-0.2, 0) is 24.8 Å². The minimum Gasteiger partial charge on any atom is -0.497 e. The van der Waals surface area contributed by atoms with E-state index >= 15 is 0 Å². The van der Waals surface area contributed by atoms with Gasteiger partial charge in [0.1, 0.15) is 34.6 Å². The van der Waals surface area contributed by atoms with Crippen LogP contribution in [0.5, 0.6) is 23.0 Å². The quantitative estimate of drug-likeness (QED) is 0.265. The van der Waals surface area contributed by atoms with Gasteiger partial charge >= 0.3 is 0 Å². The summed E-state index contributed by atoms with van der Waals surface area (Å²) in [5.41, 5.74) is 17.4. The second kappa shape index (κ2) is 11.9. The lowest BCUT2D eigenvalue weighted by atomic mass is 9.72. The molecule has 0 amide bonds. The number of nitrogens with two attached hydrogens (primary N) is 2. The Morgan fingerprint density at radius 3 is 2.07 bits per heavy atom. The van der Waals surface area contributed by atoms with E-state index in [1.807, 2.05) is 54.9 Å². The van der Waals surface area contributed by atoms with Crippen LogP contribution >= 0.6 is 0 Å². The van der Waals surface area contributed by atoms with Crippen molar-refractivity contribution in [1.29, 1.82) is 0 Å². The highest BCUT2D eigenvalue weighted by atomic mass is 16.5. The molecule has 5 N–H and O–H groups in total. The lowest BCUT2D eigenvalue weighted by Gasteiger charge is -2.42. The highest BCUT2D eigenvalue weighted by Gasteiger charge is 2.42. The van der Waals surface area contributed by atoms with Crippen LogP contribution in [0.3, 0.4) is 0 Å². The molecule has 0 fully saturated rings. The molecule has 0 saturated carbocycles. The highest BCUT2D eigenvalue weighted by molar-refractivity contribution is 5.72. The van der Waals surface area contributed by atoms with E-state index in [2.05, 4.69) is 28.3 Å². The molecule has 1 unspecified atom stereocenters. The van der Waals surface area contributed by atoms with Gasteiger partial charge in [-0.1, -0.05) is 19.1 Å². The van der Waals surface area contributed by atoms with Crippen molar-refractivity contribution in [2.45, 2.75) is 31.7 Å². The maximum Gasteiger partial charge on any atom is 0.126 e. The molecule has 5 rings (SSSR count). The number of fused-ring (bicyclic) bond motifs is 1. The first-order valence-corrected chi connectivity index (χ1v) is 13.8. The number of anilines is 1. The number of benzene rings is 2. The van der Waals surface area contributed by atoms with Crippen molar-refractivity contribution in [2.24, 2.45) is 5.73 Å². The van der Waals surface area contributed by atoms with Crippen LogP contribution in [0.25, 0.3) is 11.4 Å². The van der Waals surface area contributed by atoms with Crippen LogP contribution in [0.2, 0.25) is 0 Å². The van der Waals surface area contributed by atoms with Crippen molar-refractivity contribution in [1.82, 2.24) is 15.3 Å². The highest BCUT2D eigenvalue weighted by Crippen LogP contribution is 2.42. The van der Waals surface area contributed by atoms with Gasteiger partial charge in [0, 0.05) is 54.3 Å². The first kappa shape index (κ1) is 28.6. The molecule has 4 aromatic rings. The number of pyridine rings is 2. The molecular weight excluding hydrogens is 530 g/mol. The van der Waals surface area contributed by atoms with Gasteiger partial charge in [-0.05, 0) is 58.2 Å². The number of nitrogens with one attached hydrogen (secondary N) is 1. The van der Waals surface area contributed by atoms with Gasteiger partial charge in [-0.25, -0.2) is 4.98 Å². The number of nitrogen functional groups attached to an aromatic ring is 1. The molecular formula is C33H37N5O4. The van der Waals surface area contributed by atoms with E-state index in [1.54, 1.807) is 34.6 Å². The summed E-state index contributed by atoms with van der Waals surface area (Å²) in [5.74, 6) is 3.74. The van der Waals surface area contributed by atoms with Gasteiger partial charge in [-0.3, -0.25) is 4.98 Å². The smallest absolute Gasteiger partial charge is 0.126 e.